The molecule has 0 unspecified atom stereocenters. The molecule has 0 aromatic carbocycles. The Hall–Kier alpha value is -1.62. The fourth-order valence-corrected chi connectivity index (χ4v) is 5.06. The molecule has 41 heavy (non-hydrogen) atoms. The molecule has 0 aliphatic rings. The number of aliphatic hydroxyl groups excluding tert-OH is 1. The van der Waals surface area contributed by atoms with Gasteiger partial charge >= 0.3 is 11.9 Å². The Balaban J connectivity index is 3.96. The Morgan fingerprint density at radius 1 is 0.585 bits per heavy atom. The van der Waals surface area contributed by atoms with E-state index in [2.05, 4.69) is 38.2 Å². The molecule has 0 aliphatic carbocycles. The lowest BCUT2D eigenvalue weighted by Gasteiger charge is -2.16. The number of carbonyl (C=O) groups is 2. The van der Waals surface area contributed by atoms with Crippen LogP contribution < -0.4 is 0 Å². The van der Waals surface area contributed by atoms with Crippen LogP contribution >= 0.6 is 0 Å². The van der Waals surface area contributed by atoms with Gasteiger partial charge in [0.1, 0.15) is 6.10 Å². The van der Waals surface area contributed by atoms with Crippen molar-refractivity contribution >= 4 is 11.9 Å². The van der Waals surface area contributed by atoms with Crippen molar-refractivity contribution in [3.63, 3.8) is 0 Å². The number of carboxylic acid groups (broad SMARTS) is 1. The van der Waals surface area contributed by atoms with Gasteiger partial charge in [0.2, 0.25) is 0 Å². The molecular weight excluding hydrogens is 512 g/mol. The summed E-state index contributed by atoms with van der Waals surface area (Å²) in [6.45, 7) is 4.42. The van der Waals surface area contributed by atoms with Crippen LogP contribution in [-0.4, -0.2) is 34.4 Å². The van der Waals surface area contributed by atoms with E-state index in [4.69, 9.17) is 9.84 Å². The summed E-state index contributed by atoms with van der Waals surface area (Å²) in [5.74, 6) is -0.745. The lowest BCUT2D eigenvalue weighted by atomic mass is 10.1. The van der Waals surface area contributed by atoms with Gasteiger partial charge in [-0.2, -0.15) is 0 Å². The highest BCUT2D eigenvalue weighted by Gasteiger charge is 2.13. The number of allylic oxidation sites excluding steroid dienone is 2. The van der Waals surface area contributed by atoms with E-state index in [9.17, 15) is 14.7 Å². The molecule has 0 fully saturated rings. The van der Waals surface area contributed by atoms with E-state index < -0.39 is 5.97 Å². The first kappa shape index (κ1) is 39.4. The largest absolute Gasteiger partial charge is 0.481 e. The molecule has 0 aromatic rings. The third-order valence-corrected chi connectivity index (χ3v) is 7.72. The fraction of sp³-hybridized carbons (Fsp3) is 0.833. The van der Waals surface area contributed by atoms with Crippen molar-refractivity contribution in [2.24, 2.45) is 0 Å². The first-order chi connectivity index (χ1) is 20.0. The number of unbranched alkanes of at least 4 members (excludes halogenated alkanes) is 16. The topological polar surface area (TPSA) is 83.8 Å². The summed E-state index contributed by atoms with van der Waals surface area (Å²) >= 11 is 0. The van der Waals surface area contributed by atoms with Crippen molar-refractivity contribution in [2.45, 2.75) is 193 Å². The first-order valence-corrected chi connectivity index (χ1v) is 17.4. The molecule has 0 aliphatic heterocycles. The van der Waals surface area contributed by atoms with E-state index in [1.165, 1.54) is 51.4 Å². The van der Waals surface area contributed by atoms with Crippen LogP contribution in [0.4, 0.5) is 0 Å². The number of carbonyl (C=O) groups excluding carboxylic acids is 1. The average Bonchev–Trinajstić information content (AvgIpc) is 2.95. The van der Waals surface area contributed by atoms with Crippen LogP contribution in [0.15, 0.2) is 24.3 Å². The molecule has 0 heterocycles. The maximum absolute atomic E-state index is 12.5. The zero-order valence-corrected chi connectivity index (χ0v) is 27.0. The standard InChI is InChI=1S/C36H66O5/c1-3-5-7-21-27-33(37)28-22-17-13-9-12-16-20-26-32-36(40)41-34(29-23-8-6-4-2)30-24-18-14-10-11-15-19-25-31-35(38)39/h17-18,22,24,33-34,37H,3-16,19-21,23,25-32H2,1-2H3,(H,38,39)/t33-,34-/m1/s1. The Bertz CT molecular complexity index is 642. The molecule has 0 aromatic heterocycles. The number of esters is 1. The quantitative estimate of drug-likeness (QED) is 0.0485. The Morgan fingerprint density at radius 3 is 1.66 bits per heavy atom. The van der Waals surface area contributed by atoms with Crippen molar-refractivity contribution < 1.29 is 24.5 Å². The van der Waals surface area contributed by atoms with E-state index in [0.29, 0.717) is 6.42 Å². The van der Waals surface area contributed by atoms with E-state index >= 15 is 0 Å². The normalized spacial score (nSPS) is 13.2. The van der Waals surface area contributed by atoms with Crippen molar-refractivity contribution in [3.8, 4) is 0 Å². The van der Waals surface area contributed by atoms with E-state index in [1.807, 2.05) is 0 Å². The molecular formula is C36H66O5. The number of carboxylic acids is 1. The van der Waals surface area contributed by atoms with Crippen molar-refractivity contribution in [2.75, 3.05) is 0 Å². The molecule has 5 heteroatoms. The Labute approximate surface area is 253 Å². The van der Waals surface area contributed by atoms with Crippen LogP contribution in [0.2, 0.25) is 0 Å². The predicted octanol–water partition coefficient (Wildman–Crippen LogP) is 10.6. The van der Waals surface area contributed by atoms with Crippen molar-refractivity contribution in [1.82, 2.24) is 0 Å². The van der Waals surface area contributed by atoms with E-state index in [1.54, 1.807) is 0 Å². The number of rotatable bonds is 31. The van der Waals surface area contributed by atoms with Crippen molar-refractivity contribution in [1.29, 1.82) is 0 Å². The molecule has 2 N–H and O–H groups in total. The van der Waals surface area contributed by atoms with Crippen LogP contribution in [0.3, 0.4) is 0 Å². The number of hydrogen-bond donors (Lipinski definition) is 2. The van der Waals surface area contributed by atoms with E-state index in [0.717, 1.165) is 103 Å². The summed E-state index contributed by atoms with van der Waals surface area (Å²) in [7, 11) is 0. The van der Waals surface area contributed by atoms with Crippen LogP contribution in [-0.2, 0) is 14.3 Å². The molecule has 0 radical (unpaired) electrons. The fourth-order valence-electron chi connectivity index (χ4n) is 5.06. The van der Waals surface area contributed by atoms with Gasteiger partial charge < -0.3 is 14.9 Å². The summed E-state index contributed by atoms with van der Waals surface area (Å²) in [6.07, 6.45) is 35.2. The van der Waals surface area contributed by atoms with Gasteiger partial charge in [-0.05, 0) is 64.2 Å². The van der Waals surface area contributed by atoms with Gasteiger partial charge in [0, 0.05) is 19.3 Å². The predicted molar refractivity (Wildman–Crippen MR) is 173 cm³/mol. The lowest BCUT2D eigenvalue weighted by Crippen LogP contribution is -2.17. The SMILES string of the molecule is CCCCCC[C@@H](O)CC=CCCCCCCCC(=O)O[C@@H](CC=CCCCCCCCC(=O)O)CCCCCC. The summed E-state index contributed by atoms with van der Waals surface area (Å²) in [5, 5.41) is 18.7. The highest BCUT2D eigenvalue weighted by Crippen LogP contribution is 2.16. The minimum absolute atomic E-state index is 0.00623. The highest BCUT2D eigenvalue weighted by molar-refractivity contribution is 5.69. The summed E-state index contributed by atoms with van der Waals surface area (Å²) < 4.78 is 5.88. The molecule has 0 saturated heterocycles. The average molecular weight is 579 g/mol. The first-order valence-electron chi connectivity index (χ1n) is 17.4. The zero-order valence-electron chi connectivity index (χ0n) is 27.0. The third-order valence-electron chi connectivity index (χ3n) is 7.72. The number of aliphatic carboxylic acids is 1. The van der Waals surface area contributed by atoms with Crippen LogP contribution in [0.5, 0.6) is 0 Å². The van der Waals surface area contributed by atoms with Gasteiger partial charge in [-0.1, -0.05) is 122 Å². The van der Waals surface area contributed by atoms with E-state index in [-0.39, 0.29) is 24.6 Å². The minimum Gasteiger partial charge on any atom is -0.481 e. The van der Waals surface area contributed by atoms with Crippen molar-refractivity contribution in [3.05, 3.63) is 24.3 Å². The summed E-state index contributed by atoms with van der Waals surface area (Å²) in [4.78, 5) is 23.0. The number of ether oxygens (including phenoxy) is 1. The smallest absolute Gasteiger partial charge is 0.306 e. The molecule has 5 nitrogen and oxygen atoms in total. The van der Waals surface area contributed by atoms with Gasteiger partial charge in [0.05, 0.1) is 6.10 Å². The van der Waals surface area contributed by atoms with Gasteiger partial charge in [-0.15, -0.1) is 0 Å². The second kappa shape index (κ2) is 31.3. The molecule has 0 bridgehead atoms. The molecule has 0 spiro atoms. The van der Waals surface area contributed by atoms with Crippen LogP contribution in [0, 0.1) is 0 Å². The highest BCUT2D eigenvalue weighted by atomic mass is 16.5. The monoisotopic (exact) mass is 578 g/mol. The molecule has 240 valence electrons. The molecule has 2 atom stereocenters. The lowest BCUT2D eigenvalue weighted by molar-refractivity contribution is -0.149. The Kier molecular flexibility index (Phi) is 30.1. The third kappa shape index (κ3) is 31.2. The maximum atomic E-state index is 12.5. The minimum atomic E-state index is -0.700. The number of aliphatic hydroxyl groups is 1. The molecule has 0 rings (SSSR count). The molecule has 0 amide bonds. The second-order valence-electron chi connectivity index (χ2n) is 11.9. The Morgan fingerprint density at radius 2 is 1.07 bits per heavy atom. The van der Waals surface area contributed by atoms with Gasteiger partial charge in [-0.3, -0.25) is 9.59 Å². The molecule has 0 saturated carbocycles. The second-order valence-corrected chi connectivity index (χ2v) is 11.9. The summed E-state index contributed by atoms with van der Waals surface area (Å²) in [6, 6.07) is 0. The van der Waals surface area contributed by atoms with Crippen LogP contribution in [0.1, 0.15) is 181 Å². The van der Waals surface area contributed by atoms with Crippen LogP contribution in [0.25, 0.3) is 0 Å². The number of hydrogen-bond acceptors (Lipinski definition) is 4. The maximum Gasteiger partial charge on any atom is 0.306 e. The summed E-state index contributed by atoms with van der Waals surface area (Å²) in [5.41, 5.74) is 0. The zero-order chi connectivity index (χ0) is 30.2. The van der Waals surface area contributed by atoms with Gasteiger partial charge in [0.15, 0.2) is 0 Å². The van der Waals surface area contributed by atoms with Gasteiger partial charge in [-0.25, -0.2) is 0 Å². The van der Waals surface area contributed by atoms with Gasteiger partial charge in [0.25, 0.3) is 0 Å².